The van der Waals surface area contributed by atoms with E-state index in [-0.39, 0.29) is 0 Å². The molecule has 0 N–H and O–H groups in total. The third-order valence-corrected chi connectivity index (χ3v) is 3.53. The van der Waals surface area contributed by atoms with Crippen LogP contribution in [0.3, 0.4) is 0 Å². The zero-order valence-corrected chi connectivity index (χ0v) is 12.0. The average molecular weight is 283 g/mol. The Hall–Kier alpha value is -2.14. The number of methoxy groups -OCH3 is 1. The summed E-state index contributed by atoms with van der Waals surface area (Å²) in [5.74, 6) is 0.595. The van der Waals surface area contributed by atoms with Crippen molar-refractivity contribution in [2.75, 3.05) is 13.4 Å². The number of ether oxygens (including phenoxy) is 1. The first kappa shape index (κ1) is 12.9. The minimum Gasteiger partial charge on any atom is -0.481 e. The lowest BCUT2D eigenvalue weighted by molar-refractivity contribution is 0.398. The normalized spacial score (nSPS) is 10.7. The number of hydrogen-bond donors (Lipinski definition) is 0. The average Bonchev–Trinajstić information content (AvgIpc) is 2.54. The van der Waals surface area contributed by atoms with E-state index in [1.54, 1.807) is 13.3 Å². The van der Waals surface area contributed by atoms with Crippen molar-refractivity contribution in [2.45, 2.75) is 5.16 Å². The molecule has 0 bridgehead atoms. The number of hydrogen-bond acceptors (Lipinski definition) is 5. The maximum atomic E-state index is 5.09. The topological polar surface area (TPSA) is 47.9 Å². The van der Waals surface area contributed by atoms with Crippen molar-refractivity contribution in [2.24, 2.45) is 0 Å². The second kappa shape index (κ2) is 5.46. The summed E-state index contributed by atoms with van der Waals surface area (Å²) in [4.78, 5) is 13.4. The number of thioether (sulfide) groups is 1. The third-order valence-electron chi connectivity index (χ3n) is 2.98. The van der Waals surface area contributed by atoms with Crippen LogP contribution in [0.2, 0.25) is 0 Å². The molecule has 2 aromatic heterocycles. The van der Waals surface area contributed by atoms with E-state index in [0.717, 1.165) is 27.3 Å². The van der Waals surface area contributed by atoms with E-state index < -0.39 is 0 Å². The number of fused-ring (bicyclic) bond motifs is 1. The first-order valence-electron chi connectivity index (χ1n) is 6.13. The minimum atomic E-state index is 0.595. The predicted molar refractivity (Wildman–Crippen MR) is 81.1 cm³/mol. The Balaban J connectivity index is 2.22. The number of rotatable bonds is 3. The lowest BCUT2D eigenvalue weighted by atomic mass is 10.1. The number of benzene rings is 1. The van der Waals surface area contributed by atoms with Gasteiger partial charge in [0.05, 0.1) is 18.3 Å². The van der Waals surface area contributed by atoms with Crippen molar-refractivity contribution in [3.05, 3.63) is 42.6 Å². The molecule has 2 heterocycles. The summed E-state index contributed by atoms with van der Waals surface area (Å²) in [6.45, 7) is 0. The fourth-order valence-electron chi connectivity index (χ4n) is 2.01. The van der Waals surface area contributed by atoms with Crippen LogP contribution in [0.5, 0.6) is 5.88 Å². The summed E-state index contributed by atoms with van der Waals surface area (Å²) in [7, 11) is 1.61. The van der Waals surface area contributed by atoms with Gasteiger partial charge in [-0.2, -0.15) is 0 Å². The van der Waals surface area contributed by atoms with Crippen LogP contribution in [0.25, 0.3) is 22.2 Å². The molecule has 0 saturated carbocycles. The lowest BCUT2D eigenvalue weighted by Gasteiger charge is -2.07. The molecule has 0 radical (unpaired) electrons. The summed E-state index contributed by atoms with van der Waals surface area (Å²) in [6, 6.07) is 11.8. The van der Waals surface area contributed by atoms with Gasteiger partial charge < -0.3 is 4.74 Å². The van der Waals surface area contributed by atoms with Crippen molar-refractivity contribution in [1.29, 1.82) is 0 Å². The summed E-state index contributed by atoms with van der Waals surface area (Å²) in [5.41, 5.74) is 2.80. The van der Waals surface area contributed by atoms with Crippen molar-refractivity contribution in [3.8, 4) is 17.1 Å². The Labute approximate surface area is 121 Å². The van der Waals surface area contributed by atoms with E-state index in [1.807, 2.05) is 42.7 Å². The van der Waals surface area contributed by atoms with E-state index >= 15 is 0 Å². The number of nitrogens with zero attached hydrogens (tertiary/aromatic N) is 3. The summed E-state index contributed by atoms with van der Waals surface area (Å²) >= 11 is 1.53. The number of para-hydroxylation sites is 1. The zero-order chi connectivity index (χ0) is 13.9. The Kier molecular flexibility index (Phi) is 3.52. The van der Waals surface area contributed by atoms with Gasteiger partial charge in [-0.1, -0.05) is 30.0 Å². The number of pyridine rings is 1. The van der Waals surface area contributed by atoms with E-state index in [2.05, 4.69) is 15.0 Å². The van der Waals surface area contributed by atoms with Crippen LogP contribution in [-0.2, 0) is 0 Å². The molecule has 0 aliphatic heterocycles. The minimum absolute atomic E-state index is 0.595. The Morgan fingerprint density at radius 1 is 1.05 bits per heavy atom. The molecule has 20 heavy (non-hydrogen) atoms. The molecule has 0 spiro atoms. The smallest absolute Gasteiger partial charge is 0.212 e. The Morgan fingerprint density at radius 3 is 2.60 bits per heavy atom. The van der Waals surface area contributed by atoms with Crippen molar-refractivity contribution in [3.63, 3.8) is 0 Å². The van der Waals surface area contributed by atoms with Crippen molar-refractivity contribution < 1.29 is 4.74 Å². The zero-order valence-electron chi connectivity index (χ0n) is 11.2. The molecule has 100 valence electrons. The highest BCUT2D eigenvalue weighted by molar-refractivity contribution is 7.98. The monoisotopic (exact) mass is 283 g/mol. The van der Waals surface area contributed by atoms with E-state index in [9.17, 15) is 0 Å². The van der Waals surface area contributed by atoms with Gasteiger partial charge in [0.15, 0.2) is 5.16 Å². The van der Waals surface area contributed by atoms with Crippen LogP contribution in [0.1, 0.15) is 0 Å². The van der Waals surface area contributed by atoms with Gasteiger partial charge >= 0.3 is 0 Å². The maximum Gasteiger partial charge on any atom is 0.212 e. The molecule has 3 aromatic rings. The molecular weight excluding hydrogens is 270 g/mol. The molecule has 0 aliphatic rings. The van der Waals surface area contributed by atoms with Crippen molar-refractivity contribution in [1.82, 2.24) is 15.0 Å². The molecule has 0 saturated heterocycles. The highest BCUT2D eigenvalue weighted by Crippen LogP contribution is 2.28. The fraction of sp³-hybridized carbons (Fsp3) is 0.133. The van der Waals surface area contributed by atoms with Crippen LogP contribution in [0.4, 0.5) is 0 Å². The van der Waals surface area contributed by atoms with Gasteiger partial charge in [0.25, 0.3) is 0 Å². The highest BCUT2D eigenvalue weighted by atomic mass is 32.2. The molecule has 3 rings (SSSR count). The molecule has 1 aromatic carbocycles. The van der Waals surface area contributed by atoms with E-state index in [4.69, 9.17) is 4.74 Å². The van der Waals surface area contributed by atoms with Gasteiger partial charge in [0, 0.05) is 23.2 Å². The summed E-state index contributed by atoms with van der Waals surface area (Å²) < 4.78 is 5.09. The van der Waals surface area contributed by atoms with Crippen LogP contribution in [-0.4, -0.2) is 28.3 Å². The van der Waals surface area contributed by atoms with E-state index in [1.165, 1.54) is 11.8 Å². The van der Waals surface area contributed by atoms with Gasteiger partial charge in [0.2, 0.25) is 5.88 Å². The van der Waals surface area contributed by atoms with Crippen LogP contribution in [0.15, 0.2) is 47.8 Å². The van der Waals surface area contributed by atoms with Gasteiger partial charge in [-0.3, -0.25) is 0 Å². The highest BCUT2D eigenvalue weighted by Gasteiger charge is 2.09. The predicted octanol–water partition coefficient (Wildman–Crippen LogP) is 3.42. The van der Waals surface area contributed by atoms with E-state index in [0.29, 0.717) is 5.88 Å². The molecule has 0 fully saturated rings. The molecule has 0 aliphatic carbocycles. The first-order chi connectivity index (χ1) is 9.81. The molecule has 0 amide bonds. The quantitative estimate of drug-likeness (QED) is 0.544. The molecule has 5 heteroatoms. The number of aromatic nitrogens is 3. The second-order valence-electron chi connectivity index (χ2n) is 4.17. The third kappa shape index (κ3) is 2.32. The molecule has 4 nitrogen and oxygen atoms in total. The van der Waals surface area contributed by atoms with Gasteiger partial charge in [-0.25, -0.2) is 15.0 Å². The molecule has 0 atom stereocenters. The standard InChI is InChI=1S/C15H13N3OS/c1-19-13-8-7-10(9-16-13)14-11-5-3-4-6-12(11)17-15(18-14)20-2/h3-9H,1-2H3. The summed E-state index contributed by atoms with van der Waals surface area (Å²) in [6.07, 6.45) is 3.75. The van der Waals surface area contributed by atoms with Crippen LogP contribution >= 0.6 is 11.8 Å². The van der Waals surface area contributed by atoms with Crippen LogP contribution < -0.4 is 4.74 Å². The second-order valence-corrected chi connectivity index (χ2v) is 4.94. The molecule has 0 unspecified atom stereocenters. The summed E-state index contributed by atoms with van der Waals surface area (Å²) in [5, 5.41) is 1.78. The van der Waals surface area contributed by atoms with Gasteiger partial charge in [-0.15, -0.1) is 0 Å². The Morgan fingerprint density at radius 2 is 1.90 bits per heavy atom. The van der Waals surface area contributed by atoms with Gasteiger partial charge in [0.1, 0.15) is 0 Å². The first-order valence-corrected chi connectivity index (χ1v) is 7.35. The largest absolute Gasteiger partial charge is 0.481 e. The van der Waals surface area contributed by atoms with Gasteiger partial charge in [-0.05, 0) is 18.4 Å². The lowest BCUT2D eigenvalue weighted by Crippen LogP contribution is -1.94. The van der Waals surface area contributed by atoms with Crippen LogP contribution in [0, 0.1) is 0 Å². The Bertz CT molecular complexity index is 744. The molecular formula is C15H13N3OS. The van der Waals surface area contributed by atoms with Crippen molar-refractivity contribution >= 4 is 22.7 Å². The SMILES string of the molecule is COc1ccc(-c2nc(SC)nc3ccccc23)cn1. The fourth-order valence-corrected chi connectivity index (χ4v) is 2.38. The maximum absolute atomic E-state index is 5.09.